The predicted octanol–water partition coefficient (Wildman–Crippen LogP) is 15.4. The number of amides is 1. The maximum atomic E-state index is 12.9. The third kappa shape index (κ3) is 48.0. The summed E-state index contributed by atoms with van der Waals surface area (Å²) in [5.41, 5.74) is 0. The van der Waals surface area contributed by atoms with Gasteiger partial charge in [0.05, 0.1) is 39.9 Å². The molecule has 0 bridgehead atoms. The maximum absolute atomic E-state index is 12.9. The highest BCUT2D eigenvalue weighted by atomic mass is 31.2. The number of phosphoric acid groups is 1. The number of aliphatic hydroxyl groups excluding tert-OH is 1. The van der Waals surface area contributed by atoms with Gasteiger partial charge in [-0.15, -0.1) is 0 Å². The number of phosphoric ester groups is 1. The summed E-state index contributed by atoms with van der Waals surface area (Å²) in [6.07, 6.45) is 60.2. The number of carbonyl (C=O) groups is 1. The van der Waals surface area contributed by atoms with E-state index in [1.807, 2.05) is 27.2 Å². The van der Waals surface area contributed by atoms with Crippen molar-refractivity contribution in [2.24, 2.45) is 0 Å². The lowest BCUT2D eigenvalue weighted by Crippen LogP contribution is -2.45. The molecular weight excluding hydrogens is 804 g/mol. The average Bonchev–Trinajstić information content (AvgIpc) is 3.24. The number of hydrogen-bond donors (Lipinski definition) is 3. The predicted molar refractivity (Wildman–Crippen MR) is 272 cm³/mol. The third-order valence-corrected chi connectivity index (χ3v) is 12.4. The number of nitrogens with zero attached hydrogens (tertiary/aromatic N) is 1. The molecule has 1 amide bonds. The average molecular weight is 906 g/mol. The second kappa shape index (κ2) is 45.4. The fraction of sp³-hybridized carbons (Fsp3) is 0.796. The first-order chi connectivity index (χ1) is 30.5. The second-order valence-electron chi connectivity index (χ2n) is 18.9. The summed E-state index contributed by atoms with van der Waals surface area (Å²) in [5, 5.41) is 13.9. The van der Waals surface area contributed by atoms with Gasteiger partial charge in [-0.3, -0.25) is 13.8 Å². The highest BCUT2D eigenvalue weighted by Gasteiger charge is 2.27. The summed E-state index contributed by atoms with van der Waals surface area (Å²) in [5.74, 6) is -0.199. The topological polar surface area (TPSA) is 105 Å². The van der Waals surface area contributed by atoms with Crippen molar-refractivity contribution in [1.82, 2.24) is 5.32 Å². The molecule has 8 nitrogen and oxygen atoms in total. The van der Waals surface area contributed by atoms with Gasteiger partial charge in [-0.1, -0.05) is 203 Å². The molecule has 0 aliphatic heterocycles. The van der Waals surface area contributed by atoms with Gasteiger partial charge < -0.3 is 19.8 Å². The van der Waals surface area contributed by atoms with E-state index in [4.69, 9.17) is 9.05 Å². The molecule has 0 aromatic rings. The van der Waals surface area contributed by atoms with E-state index in [1.54, 1.807) is 6.08 Å². The van der Waals surface area contributed by atoms with Crippen molar-refractivity contribution >= 4 is 13.7 Å². The summed E-state index contributed by atoms with van der Waals surface area (Å²) in [7, 11) is 1.54. The lowest BCUT2D eigenvalue weighted by Gasteiger charge is -2.25. The first-order valence-electron chi connectivity index (χ1n) is 26.2. The highest BCUT2D eigenvalue weighted by Crippen LogP contribution is 2.43. The SMILES string of the molecule is CCCCCCCCCC/C=C/CC/C=C/CC/C=C/C(O)C(COP(=O)(O)OCC[N+](C)(C)C)NC(=O)CCCCCCCCC/C=C\C/C=C\CCCCCCCCCCC. The second-order valence-corrected chi connectivity index (χ2v) is 20.3. The van der Waals surface area contributed by atoms with E-state index in [2.05, 4.69) is 67.8 Å². The molecular formula is C54H102N2O6P+. The van der Waals surface area contributed by atoms with Crippen LogP contribution in [-0.2, 0) is 18.4 Å². The Labute approximate surface area is 390 Å². The van der Waals surface area contributed by atoms with Crippen molar-refractivity contribution < 1.29 is 32.9 Å². The molecule has 0 radical (unpaired) electrons. The minimum absolute atomic E-state index is 0.0499. The van der Waals surface area contributed by atoms with Gasteiger partial charge in [0.2, 0.25) is 5.91 Å². The number of rotatable bonds is 47. The number of aliphatic hydroxyl groups is 1. The summed E-state index contributed by atoms with van der Waals surface area (Å²) >= 11 is 0. The molecule has 368 valence electrons. The molecule has 3 N–H and O–H groups in total. The molecule has 0 aliphatic rings. The number of likely N-dealkylation sites (N-methyl/N-ethyl adjacent to an activating group) is 1. The largest absolute Gasteiger partial charge is 0.472 e. The van der Waals surface area contributed by atoms with Crippen LogP contribution in [0, 0.1) is 0 Å². The van der Waals surface area contributed by atoms with E-state index in [1.165, 1.54) is 148 Å². The molecule has 9 heteroatoms. The Hall–Kier alpha value is -1.80. The first-order valence-corrected chi connectivity index (χ1v) is 27.7. The monoisotopic (exact) mass is 906 g/mol. The van der Waals surface area contributed by atoms with E-state index >= 15 is 0 Å². The van der Waals surface area contributed by atoms with Crippen molar-refractivity contribution in [2.45, 2.75) is 238 Å². The minimum atomic E-state index is -4.36. The van der Waals surface area contributed by atoms with Crippen LogP contribution in [0.3, 0.4) is 0 Å². The third-order valence-electron chi connectivity index (χ3n) is 11.4. The van der Waals surface area contributed by atoms with Gasteiger partial charge in [0, 0.05) is 6.42 Å². The Morgan fingerprint density at radius 3 is 1.37 bits per heavy atom. The molecule has 0 saturated heterocycles. The first kappa shape index (κ1) is 61.2. The Bertz CT molecular complexity index is 1210. The fourth-order valence-corrected chi connectivity index (χ4v) is 8.02. The number of nitrogens with one attached hydrogen (secondary N) is 1. The molecule has 3 atom stereocenters. The zero-order valence-corrected chi connectivity index (χ0v) is 42.7. The van der Waals surface area contributed by atoms with Crippen molar-refractivity contribution in [1.29, 1.82) is 0 Å². The number of hydrogen-bond acceptors (Lipinski definition) is 5. The van der Waals surface area contributed by atoms with Crippen LogP contribution in [0.25, 0.3) is 0 Å². The van der Waals surface area contributed by atoms with Crippen LogP contribution in [0.2, 0.25) is 0 Å². The number of unbranched alkanes of at least 4 members (excludes halogenated alkanes) is 26. The van der Waals surface area contributed by atoms with Gasteiger partial charge in [-0.05, 0) is 77.0 Å². The molecule has 3 unspecified atom stereocenters. The van der Waals surface area contributed by atoms with Crippen LogP contribution in [0.5, 0.6) is 0 Å². The maximum Gasteiger partial charge on any atom is 0.472 e. The Kier molecular flexibility index (Phi) is 44.1. The van der Waals surface area contributed by atoms with Gasteiger partial charge in [0.15, 0.2) is 0 Å². The van der Waals surface area contributed by atoms with Crippen molar-refractivity contribution in [3.63, 3.8) is 0 Å². The Morgan fingerprint density at radius 1 is 0.540 bits per heavy atom. The summed E-state index contributed by atoms with van der Waals surface area (Å²) < 4.78 is 23.6. The van der Waals surface area contributed by atoms with E-state index in [-0.39, 0.29) is 19.1 Å². The van der Waals surface area contributed by atoms with Crippen LogP contribution in [0.15, 0.2) is 60.8 Å². The zero-order chi connectivity index (χ0) is 46.4. The lowest BCUT2D eigenvalue weighted by molar-refractivity contribution is -0.870. The van der Waals surface area contributed by atoms with Crippen LogP contribution in [-0.4, -0.2) is 73.4 Å². The molecule has 0 heterocycles. The van der Waals surface area contributed by atoms with Crippen LogP contribution in [0.1, 0.15) is 226 Å². The molecule has 0 rings (SSSR count). The summed E-state index contributed by atoms with van der Waals surface area (Å²) in [4.78, 5) is 23.2. The summed E-state index contributed by atoms with van der Waals surface area (Å²) in [6.45, 7) is 4.78. The van der Waals surface area contributed by atoms with Crippen molar-refractivity contribution in [3.8, 4) is 0 Å². The van der Waals surface area contributed by atoms with E-state index in [9.17, 15) is 19.4 Å². The smallest absolute Gasteiger partial charge is 0.387 e. The normalized spacial score (nSPS) is 14.6. The standard InChI is InChI=1S/C54H101N2O6P/c1-6-8-10-12-14-16-18-20-22-24-26-27-28-29-30-32-34-36-38-40-42-44-46-48-54(58)55-52(51-62-63(59,60)61-50-49-56(3,4)5)53(57)47-45-43-41-39-37-35-33-31-25-23-21-19-17-15-13-11-9-7-2/h25-27,29-31,37,39,45,47,52-53,57H,6-24,28,32-36,38,40-44,46,48-51H2,1-5H3,(H-,55,58,59,60)/p+1/b27-26-,30-29-,31-25+,39-37+,47-45+. The van der Waals surface area contributed by atoms with Crippen molar-refractivity contribution in [3.05, 3.63) is 60.8 Å². The molecule has 0 aromatic carbocycles. The number of allylic oxidation sites excluding steroid dienone is 9. The molecule has 63 heavy (non-hydrogen) atoms. The van der Waals surface area contributed by atoms with Gasteiger partial charge in [0.25, 0.3) is 0 Å². The minimum Gasteiger partial charge on any atom is -0.387 e. The molecule has 0 aliphatic carbocycles. The molecule has 0 spiro atoms. The van der Waals surface area contributed by atoms with Gasteiger partial charge in [-0.25, -0.2) is 4.57 Å². The van der Waals surface area contributed by atoms with Gasteiger partial charge >= 0.3 is 7.82 Å². The molecule has 0 saturated carbocycles. The van der Waals surface area contributed by atoms with Gasteiger partial charge in [0.1, 0.15) is 13.2 Å². The zero-order valence-electron chi connectivity index (χ0n) is 41.8. The Balaban J connectivity index is 4.38. The molecule has 0 aromatic heterocycles. The van der Waals surface area contributed by atoms with E-state index in [0.717, 1.165) is 57.8 Å². The Morgan fingerprint density at radius 2 is 0.921 bits per heavy atom. The summed E-state index contributed by atoms with van der Waals surface area (Å²) in [6, 6.07) is -0.876. The quantitative estimate of drug-likeness (QED) is 0.0243. The van der Waals surface area contributed by atoms with E-state index < -0.39 is 20.0 Å². The van der Waals surface area contributed by atoms with Gasteiger partial charge in [-0.2, -0.15) is 0 Å². The number of quaternary nitrogens is 1. The van der Waals surface area contributed by atoms with Crippen LogP contribution < -0.4 is 5.32 Å². The lowest BCUT2D eigenvalue weighted by atomic mass is 10.1. The van der Waals surface area contributed by atoms with Crippen LogP contribution >= 0.6 is 7.82 Å². The van der Waals surface area contributed by atoms with Crippen molar-refractivity contribution in [2.75, 3.05) is 40.9 Å². The fourth-order valence-electron chi connectivity index (χ4n) is 7.28. The van der Waals surface area contributed by atoms with E-state index in [0.29, 0.717) is 17.4 Å². The molecule has 0 fully saturated rings. The van der Waals surface area contributed by atoms with Crippen LogP contribution in [0.4, 0.5) is 0 Å². The number of carbonyl (C=O) groups excluding carboxylic acids is 1. The highest BCUT2D eigenvalue weighted by molar-refractivity contribution is 7.47.